The minimum Gasteiger partial charge on any atom is -0.489 e. The van der Waals surface area contributed by atoms with Gasteiger partial charge >= 0.3 is 0 Å². The molecule has 0 aliphatic carbocycles. The molecule has 4 nitrogen and oxygen atoms in total. The van der Waals surface area contributed by atoms with Crippen molar-refractivity contribution in [2.75, 3.05) is 6.54 Å². The van der Waals surface area contributed by atoms with E-state index in [1.807, 2.05) is 55.5 Å². The zero-order valence-electron chi connectivity index (χ0n) is 13.7. The third-order valence-corrected chi connectivity index (χ3v) is 4.51. The molecule has 1 N–H and O–H groups in total. The van der Waals surface area contributed by atoms with E-state index in [2.05, 4.69) is 5.32 Å². The van der Waals surface area contributed by atoms with E-state index in [1.54, 1.807) is 6.08 Å². The number of carbonyl (C=O) groups excluding carboxylic acids is 1. The number of hydrogen-bond donors (Lipinski definition) is 1. The van der Waals surface area contributed by atoms with Gasteiger partial charge < -0.3 is 10.1 Å². The molecular formula is C19H17ClN2O2S. The van der Waals surface area contributed by atoms with Crippen molar-refractivity contribution in [1.82, 2.24) is 10.2 Å². The van der Waals surface area contributed by atoms with E-state index < -0.39 is 0 Å². The number of likely N-dealkylation sites (N-methyl/N-ethyl adjacent to an activating group) is 1. The molecule has 6 heteroatoms. The van der Waals surface area contributed by atoms with Crippen molar-refractivity contribution in [2.45, 2.75) is 13.5 Å². The molecule has 0 radical (unpaired) electrons. The van der Waals surface area contributed by atoms with Crippen molar-refractivity contribution in [3.05, 3.63) is 70.4 Å². The Morgan fingerprint density at radius 3 is 2.56 bits per heavy atom. The number of benzene rings is 2. The lowest BCUT2D eigenvalue weighted by atomic mass is 10.2. The van der Waals surface area contributed by atoms with Crippen LogP contribution in [0.15, 0.2) is 54.2 Å². The second kappa shape index (κ2) is 7.68. The summed E-state index contributed by atoms with van der Waals surface area (Å²) in [5, 5.41) is 4.07. The minimum atomic E-state index is -0.105. The third kappa shape index (κ3) is 4.00. The topological polar surface area (TPSA) is 41.6 Å². The molecule has 1 saturated heterocycles. The summed E-state index contributed by atoms with van der Waals surface area (Å²) in [7, 11) is 0. The average Bonchev–Trinajstić information content (AvgIpc) is 2.88. The predicted molar refractivity (Wildman–Crippen MR) is 103 cm³/mol. The van der Waals surface area contributed by atoms with Gasteiger partial charge in [0.25, 0.3) is 5.91 Å². The Labute approximate surface area is 157 Å². The van der Waals surface area contributed by atoms with Crippen LogP contribution < -0.4 is 10.1 Å². The molecule has 1 aliphatic rings. The van der Waals surface area contributed by atoms with Crippen LogP contribution in [0.1, 0.15) is 18.1 Å². The van der Waals surface area contributed by atoms with Crippen LogP contribution >= 0.6 is 23.8 Å². The molecule has 3 rings (SSSR count). The van der Waals surface area contributed by atoms with Crippen LogP contribution in [-0.2, 0) is 11.4 Å². The van der Waals surface area contributed by atoms with Gasteiger partial charge in [0.2, 0.25) is 0 Å². The number of carbonyl (C=O) groups is 1. The van der Waals surface area contributed by atoms with Crippen molar-refractivity contribution >= 4 is 40.9 Å². The van der Waals surface area contributed by atoms with Crippen LogP contribution in [0.2, 0.25) is 5.02 Å². The number of nitrogens with zero attached hydrogens (tertiary/aromatic N) is 1. The summed E-state index contributed by atoms with van der Waals surface area (Å²) in [5.74, 6) is 0.630. The van der Waals surface area contributed by atoms with Gasteiger partial charge in [-0.25, -0.2) is 0 Å². The van der Waals surface area contributed by atoms with E-state index in [0.29, 0.717) is 29.0 Å². The van der Waals surface area contributed by atoms with E-state index in [9.17, 15) is 4.79 Å². The SMILES string of the molecule is CCN1C(=O)/C(=C/c2ccc(OCc3ccccc3Cl)cc2)NC1=S. The Kier molecular flexibility index (Phi) is 5.36. The van der Waals surface area contributed by atoms with Gasteiger partial charge in [0.15, 0.2) is 5.11 Å². The van der Waals surface area contributed by atoms with Crippen LogP contribution in [0.3, 0.4) is 0 Å². The number of hydrogen-bond acceptors (Lipinski definition) is 3. The summed E-state index contributed by atoms with van der Waals surface area (Å²) in [6, 6.07) is 15.1. The Morgan fingerprint density at radius 1 is 1.20 bits per heavy atom. The van der Waals surface area contributed by atoms with E-state index in [-0.39, 0.29) is 5.91 Å². The molecule has 2 aromatic rings. The third-order valence-electron chi connectivity index (χ3n) is 3.82. The van der Waals surface area contributed by atoms with Gasteiger partial charge in [0, 0.05) is 17.1 Å². The van der Waals surface area contributed by atoms with Gasteiger partial charge in [-0.15, -0.1) is 0 Å². The van der Waals surface area contributed by atoms with Crippen molar-refractivity contribution in [3.63, 3.8) is 0 Å². The van der Waals surface area contributed by atoms with E-state index in [4.69, 9.17) is 28.6 Å². The zero-order chi connectivity index (χ0) is 17.8. The van der Waals surface area contributed by atoms with Crippen molar-refractivity contribution in [2.24, 2.45) is 0 Å². The summed E-state index contributed by atoms with van der Waals surface area (Å²) >= 11 is 11.3. The molecule has 1 heterocycles. The van der Waals surface area contributed by atoms with Crippen molar-refractivity contribution < 1.29 is 9.53 Å². The average molecular weight is 373 g/mol. The van der Waals surface area contributed by atoms with Crippen molar-refractivity contribution in [3.8, 4) is 5.75 Å². The number of rotatable bonds is 5. The fourth-order valence-corrected chi connectivity index (χ4v) is 2.97. The zero-order valence-corrected chi connectivity index (χ0v) is 15.2. The maximum Gasteiger partial charge on any atom is 0.276 e. The standard InChI is InChI=1S/C19H17ClN2O2S/c1-2-22-18(23)17(21-19(22)25)11-13-7-9-15(10-8-13)24-12-14-5-3-4-6-16(14)20/h3-11H,2,12H2,1H3,(H,21,25)/b17-11-. The summed E-state index contributed by atoms with van der Waals surface area (Å²) in [6.07, 6.45) is 1.78. The molecular weight excluding hydrogens is 356 g/mol. The molecule has 0 bridgehead atoms. The maximum atomic E-state index is 12.2. The Morgan fingerprint density at radius 2 is 1.92 bits per heavy atom. The van der Waals surface area contributed by atoms with E-state index >= 15 is 0 Å². The van der Waals surface area contributed by atoms with Crippen LogP contribution in [-0.4, -0.2) is 22.5 Å². The highest BCUT2D eigenvalue weighted by atomic mass is 35.5. The largest absolute Gasteiger partial charge is 0.489 e. The molecule has 0 atom stereocenters. The number of thiocarbonyl (C=S) groups is 1. The molecule has 0 spiro atoms. The number of amides is 1. The molecule has 1 fully saturated rings. The van der Waals surface area contributed by atoms with E-state index in [0.717, 1.165) is 16.9 Å². The van der Waals surface area contributed by atoms with Crippen molar-refractivity contribution in [1.29, 1.82) is 0 Å². The summed E-state index contributed by atoms with van der Waals surface area (Å²) in [6.45, 7) is 2.84. The molecule has 0 aromatic heterocycles. The van der Waals surface area contributed by atoms with Crippen LogP contribution in [0.4, 0.5) is 0 Å². The molecule has 2 aromatic carbocycles. The fourth-order valence-electron chi connectivity index (χ4n) is 2.46. The molecule has 0 unspecified atom stereocenters. The predicted octanol–water partition coefficient (Wildman–Crippen LogP) is 4.00. The second-order valence-corrected chi connectivity index (χ2v) is 6.28. The lowest BCUT2D eigenvalue weighted by Crippen LogP contribution is -2.30. The van der Waals surface area contributed by atoms with Crippen LogP contribution in [0.25, 0.3) is 6.08 Å². The number of nitrogens with one attached hydrogen (secondary N) is 1. The lowest BCUT2D eigenvalue weighted by Gasteiger charge is -2.09. The maximum absolute atomic E-state index is 12.2. The first-order chi connectivity index (χ1) is 12.1. The number of ether oxygens (including phenoxy) is 1. The summed E-state index contributed by atoms with van der Waals surface area (Å²) in [5.41, 5.74) is 2.31. The quantitative estimate of drug-likeness (QED) is 0.636. The molecule has 0 saturated carbocycles. The highest BCUT2D eigenvalue weighted by molar-refractivity contribution is 7.80. The van der Waals surface area contributed by atoms with Crippen LogP contribution in [0.5, 0.6) is 5.75 Å². The molecule has 1 aliphatic heterocycles. The van der Waals surface area contributed by atoms with Gasteiger partial charge in [-0.05, 0) is 49.0 Å². The lowest BCUT2D eigenvalue weighted by molar-refractivity contribution is -0.122. The first-order valence-corrected chi connectivity index (χ1v) is 8.68. The molecule has 25 heavy (non-hydrogen) atoms. The minimum absolute atomic E-state index is 0.105. The van der Waals surface area contributed by atoms with E-state index in [1.165, 1.54) is 4.90 Å². The van der Waals surface area contributed by atoms with Gasteiger partial charge in [0.05, 0.1) is 0 Å². The molecule has 1 amide bonds. The Hall–Kier alpha value is -2.37. The highest BCUT2D eigenvalue weighted by Gasteiger charge is 2.28. The Balaban J connectivity index is 1.67. The van der Waals surface area contributed by atoms with Gasteiger partial charge in [-0.2, -0.15) is 0 Å². The second-order valence-electron chi connectivity index (χ2n) is 5.49. The smallest absolute Gasteiger partial charge is 0.276 e. The van der Waals surface area contributed by atoms with Gasteiger partial charge in [-0.1, -0.05) is 41.9 Å². The summed E-state index contributed by atoms with van der Waals surface area (Å²) < 4.78 is 5.75. The number of halogens is 1. The van der Waals surface area contributed by atoms with Gasteiger partial charge in [0.1, 0.15) is 18.1 Å². The normalized spacial score (nSPS) is 15.6. The monoisotopic (exact) mass is 372 g/mol. The summed E-state index contributed by atoms with van der Waals surface area (Å²) in [4.78, 5) is 13.7. The first kappa shape index (κ1) is 17.5. The van der Waals surface area contributed by atoms with Gasteiger partial charge in [-0.3, -0.25) is 9.69 Å². The molecule has 128 valence electrons. The fraction of sp³-hybridized carbons (Fsp3) is 0.158. The Bertz CT molecular complexity index is 834. The van der Waals surface area contributed by atoms with Crippen LogP contribution in [0, 0.1) is 0 Å². The highest BCUT2D eigenvalue weighted by Crippen LogP contribution is 2.20. The first-order valence-electron chi connectivity index (χ1n) is 7.89.